The van der Waals surface area contributed by atoms with Crippen molar-refractivity contribution in [1.82, 2.24) is 25.6 Å². The average molecular weight is 223 g/mol. The molecule has 1 fully saturated rings. The van der Waals surface area contributed by atoms with Crippen LogP contribution in [-0.2, 0) is 0 Å². The summed E-state index contributed by atoms with van der Waals surface area (Å²) in [5.74, 6) is -0.145. The Morgan fingerprint density at radius 2 is 2.50 bits per heavy atom. The Bertz CT molecular complexity index is 371. The van der Waals surface area contributed by atoms with Crippen molar-refractivity contribution in [2.24, 2.45) is 0 Å². The van der Waals surface area contributed by atoms with E-state index in [9.17, 15) is 4.79 Å². The highest BCUT2D eigenvalue weighted by molar-refractivity contribution is 5.92. The van der Waals surface area contributed by atoms with Gasteiger partial charge in [0.2, 0.25) is 0 Å². The maximum Gasteiger partial charge on any atom is 0.273 e. The number of carbonyl (C=O) groups excluding carboxylic acids is 1. The number of amides is 1. The molecule has 1 atom stereocenters. The standard InChI is InChI=1S/C10H17N5O/c1-3-7(2)12-10(16)9-6-15(14-13-9)8-4-11-5-8/h6-8,11H,3-5H2,1-2H3,(H,12,16). The van der Waals surface area contributed by atoms with Gasteiger partial charge in [0.05, 0.1) is 12.2 Å². The van der Waals surface area contributed by atoms with Gasteiger partial charge in [0.1, 0.15) is 0 Å². The van der Waals surface area contributed by atoms with Gasteiger partial charge in [-0.1, -0.05) is 12.1 Å². The van der Waals surface area contributed by atoms with Gasteiger partial charge in [-0.2, -0.15) is 0 Å². The minimum atomic E-state index is -0.145. The van der Waals surface area contributed by atoms with Gasteiger partial charge in [-0.25, -0.2) is 4.68 Å². The van der Waals surface area contributed by atoms with Crippen LogP contribution in [0.2, 0.25) is 0 Å². The number of hydrogen-bond acceptors (Lipinski definition) is 4. The predicted octanol–water partition coefficient (Wildman–Crippen LogP) is -0.0493. The summed E-state index contributed by atoms with van der Waals surface area (Å²) in [6.45, 7) is 5.80. The number of nitrogens with zero attached hydrogens (tertiary/aromatic N) is 3. The molecule has 0 aromatic carbocycles. The Morgan fingerprint density at radius 1 is 1.75 bits per heavy atom. The summed E-state index contributed by atoms with van der Waals surface area (Å²) >= 11 is 0. The normalized spacial score (nSPS) is 17.9. The number of rotatable bonds is 4. The molecule has 2 N–H and O–H groups in total. The van der Waals surface area contributed by atoms with E-state index in [2.05, 4.69) is 20.9 Å². The molecule has 1 aliphatic rings. The highest BCUT2D eigenvalue weighted by Crippen LogP contribution is 2.09. The molecule has 1 aromatic rings. The van der Waals surface area contributed by atoms with Crippen LogP contribution in [0.3, 0.4) is 0 Å². The summed E-state index contributed by atoms with van der Waals surface area (Å²) < 4.78 is 1.75. The van der Waals surface area contributed by atoms with E-state index in [1.54, 1.807) is 10.9 Å². The topological polar surface area (TPSA) is 71.8 Å². The Hall–Kier alpha value is -1.43. The van der Waals surface area contributed by atoms with E-state index < -0.39 is 0 Å². The molecule has 2 heterocycles. The summed E-state index contributed by atoms with van der Waals surface area (Å²) in [6, 6.07) is 0.515. The van der Waals surface area contributed by atoms with Crippen LogP contribution in [0.15, 0.2) is 6.20 Å². The molecule has 0 spiro atoms. The Labute approximate surface area is 94.4 Å². The molecule has 2 rings (SSSR count). The lowest BCUT2D eigenvalue weighted by atomic mass is 10.2. The van der Waals surface area contributed by atoms with Crippen LogP contribution in [0.25, 0.3) is 0 Å². The fourth-order valence-electron chi connectivity index (χ4n) is 1.42. The summed E-state index contributed by atoms with van der Waals surface area (Å²) in [7, 11) is 0. The molecule has 0 radical (unpaired) electrons. The van der Waals surface area contributed by atoms with Crippen LogP contribution in [0.5, 0.6) is 0 Å². The average Bonchev–Trinajstić information content (AvgIpc) is 2.64. The SMILES string of the molecule is CCC(C)NC(=O)c1cn(C2CNC2)nn1. The maximum atomic E-state index is 11.7. The van der Waals surface area contributed by atoms with Crippen LogP contribution in [0, 0.1) is 0 Å². The van der Waals surface area contributed by atoms with Gasteiger partial charge in [-0.3, -0.25) is 4.79 Å². The van der Waals surface area contributed by atoms with E-state index in [4.69, 9.17) is 0 Å². The van der Waals surface area contributed by atoms with E-state index in [1.807, 2.05) is 13.8 Å². The van der Waals surface area contributed by atoms with Gasteiger partial charge in [0, 0.05) is 19.1 Å². The van der Waals surface area contributed by atoms with Gasteiger partial charge in [0.25, 0.3) is 5.91 Å². The zero-order valence-corrected chi connectivity index (χ0v) is 9.60. The molecule has 16 heavy (non-hydrogen) atoms. The third-order valence-electron chi connectivity index (χ3n) is 2.87. The molecule has 88 valence electrons. The van der Waals surface area contributed by atoms with E-state index in [1.165, 1.54) is 0 Å². The second-order valence-corrected chi connectivity index (χ2v) is 4.18. The van der Waals surface area contributed by atoms with Gasteiger partial charge in [0.15, 0.2) is 5.69 Å². The largest absolute Gasteiger partial charge is 0.348 e. The molecule has 0 aliphatic carbocycles. The molecule has 1 saturated heterocycles. The van der Waals surface area contributed by atoms with Crippen molar-refractivity contribution in [1.29, 1.82) is 0 Å². The van der Waals surface area contributed by atoms with Crippen molar-refractivity contribution >= 4 is 5.91 Å². The second-order valence-electron chi connectivity index (χ2n) is 4.18. The first-order chi connectivity index (χ1) is 7.70. The quantitative estimate of drug-likeness (QED) is 0.750. The van der Waals surface area contributed by atoms with Crippen molar-refractivity contribution < 1.29 is 4.79 Å². The molecule has 0 bridgehead atoms. The Kier molecular flexibility index (Phi) is 3.19. The van der Waals surface area contributed by atoms with Crippen LogP contribution in [0.1, 0.15) is 36.8 Å². The zero-order chi connectivity index (χ0) is 11.5. The summed E-state index contributed by atoms with van der Waals surface area (Å²) in [6.07, 6.45) is 2.62. The van der Waals surface area contributed by atoms with Gasteiger partial charge in [-0.15, -0.1) is 5.10 Å². The third kappa shape index (κ3) is 2.21. The van der Waals surface area contributed by atoms with Crippen molar-refractivity contribution in [2.75, 3.05) is 13.1 Å². The van der Waals surface area contributed by atoms with Crippen molar-refractivity contribution in [3.8, 4) is 0 Å². The van der Waals surface area contributed by atoms with E-state index in [0.29, 0.717) is 11.7 Å². The van der Waals surface area contributed by atoms with E-state index in [-0.39, 0.29) is 11.9 Å². The number of hydrogen-bond donors (Lipinski definition) is 2. The van der Waals surface area contributed by atoms with Crippen LogP contribution in [-0.4, -0.2) is 40.0 Å². The van der Waals surface area contributed by atoms with Crippen molar-refractivity contribution in [3.05, 3.63) is 11.9 Å². The summed E-state index contributed by atoms with van der Waals surface area (Å²) in [4.78, 5) is 11.7. The molecular formula is C10H17N5O. The molecule has 1 aromatic heterocycles. The predicted molar refractivity (Wildman–Crippen MR) is 59.1 cm³/mol. The van der Waals surface area contributed by atoms with Crippen LogP contribution in [0.4, 0.5) is 0 Å². The lowest BCUT2D eigenvalue weighted by Crippen LogP contribution is -2.43. The molecule has 1 aliphatic heterocycles. The smallest absolute Gasteiger partial charge is 0.273 e. The Morgan fingerprint density at radius 3 is 3.06 bits per heavy atom. The number of carbonyl (C=O) groups is 1. The van der Waals surface area contributed by atoms with Crippen LogP contribution < -0.4 is 10.6 Å². The molecule has 1 unspecified atom stereocenters. The summed E-state index contributed by atoms with van der Waals surface area (Å²) in [5, 5.41) is 13.9. The third-order valence-corrected chi connectivity index (χ3v) is 2.87. The molecule has 6 heteroatoms. The lowest BCUT2D eigenvalue weighted by Gasteiger charge is -2.26. The first kappa shape index (κ1) is 11.1. The molecule has 0 saturated carbocycles. The molecule has 1 amide bonds. The molecule has 6 nitrogen and oxygen atoms in total. The van der Waals surface area contributed by atoms with Gasteiger partial charge >= 0.3 is 0 Å². The van der Waals surface area contributed by atoms with E-state index in [0.717, 1.165) is 19.5 Å². The van der Waals surface area contributed by atoms with Gasteiger partial charge in [-0.05, 0) is 13.3 Å². The fourth-order valence-corrected chi connectivity index (χ4v) is 1.42. The summed E-state index contributed by atoms with van der Waals surface area (Å²) in [5.41, 5.74) is 0.396. The van der Waals surface area contributed by atoms with Gasteiger partial charge < -0.3 is 10.6 Å². The lowest BCUT2D eigenvalue weighted by molar-refractivity contribution is 0.0934. The highest BCUT2D eigenvalue weighted by atomic mass is 16.2. The van der Waals surface area contributed by atoms with Crippen molar-refractivity contribution in [3.63, 3.8) is 0 Å². The number of nitrogens with one attached hydrogen (secondary N) is 2. The minimum Gasteiger partial charge on any atom is -0.348 e. The molecular weight excluding hydrogens is 206 g/mol. The fraction of sp³-hybridized carbons (Fsp3) is 0.700. The maximum absolute atomic E-state index is 11.7. The first-order valence-electron chi connectivity index (χ1n) is 5.64. The highest BCUT2D eigenvalue weighted by Gasteiger charge is 2.21. The van der Waals surface area contributed by atoms with E-state index >= 15 is 0 Å². The Balaban J connectivity index is 1.97. The first-order valence-corrected chi connectivity index (χ1v) is 5.64. The van der Waals surface area contributed by atoms with Crippen molar-refractivity contribution in [2.45, 2.75) is 32.4 Å². The minimum absolute atomic E-state index is 0.145. The zero-order valence-electron chi connectivity index (χ0n) is 9.60. The second kappa shape index (κ2) is 4.61. The monoisotopic (exact) mass is 223 g/mol. The van der Waals surface area contributed by atoms with Crippen LogP contribution >= 0.6 is 0 Å². The number of aromatic nitrogens is 3.